The number of esters is 1. The quantitative estimate of drug-likeness (QED) is 0.373. The first-order chi connectivity index (χ1) is 17.1. The SMILES string of the molecule is C=C1O[C@H](C(C)O)[C@H](C)/C=C(\C)[C@]23O[C@@H]4[C@H](C=CC2CC1O)[C@H]3[C@H](O)[C@@H](C)[C@H]4OC(=O)c1ccc[nH]1. The highest BCUT2D eigenvalue weighted by molar-refractivity contribution is 5.87. The van der Waals surface area contributed by atoms with E-state index < -0.39 is 48.2 Å². The predicted molar refractivity (Wildman–Crippen MR) is 132 cm³/mol. The molecule has 8 heteroatoms. The van der Waals surface area contributed by atoms with E-state index in [4.69, 9.17) is 14.2 Å². The van der Waals surface area contributed by atoms with E-state index in [2.05, 4.69) is 17.6 Å². The molecule has 36 heavy (non-hydrogen) atoms. The molecule has 196 valence electrons. The van der Waals surface area contributed by atoms with Crippen molar-refractivity contribution in [3.8, 4) is 0 Å². The van der Waals surface area contributed by atoms with Gasteiger partial charge in [-0.1, -0.05) is 38.7 Å². The van der Waals surface area contributed by atoms with Crippen LogP contribution in [0.3, 0.4) is 0 Å². The summed E-state index contributed by atoms with van der Waals surface area (Å²) in [6, 6.07) is 3.39. The van der Waals surface area contributed by atoms with Gasteiger partial charge in [0, 0.05) is 35.8 Å². The normalized spacial score (nSPS) is 46.2. The molecule has 4 aliphatic rings. The van der Waals surface area contributed by atoms with Crippen LogP contribution in [-0.4, -0.2) is 68.5 Å². The smallest absolute Gasteiger partial charge is 0.355 e. The second-order valence-electron chi connectivity index (χ2n) is 11.0. The van der Waals surface area contributed by atoms with Crippen LogP contribution in [-0.2, 0) is 14.2 Å². The molecule has 5 rings (SSSR count). The van der Waals surface area contributed by atoms with Gasteiger partial charge in [0.2, 0.25) is 0 Å². The van der Waals surface area contributed by atoms with Crippen molar-refractivity contribution < 1.29 is 34.3 Å². The fourth-order valence-corrected chi connectivity index (χ4v) is 7.04. The second-order valence-corrected chi connectivity index (χ2v) is 11.0. The maximum absolute atomic E-state index is 12.8. The third-order valence-electron chi connectivity index (χ3n) is 8.81. The Labute approximate surface area is 211 Å². The van der Waals surface area contributed by atoms with Gasteiger partial charge >= 0.3 is 5.97 Å². The zero-order valence-electron chi connectivity index (χ0n) is 21.2. The number of H-pyrrole nitrogens is 1. The van der Waals surface area contributed by atoms with Crippen LogP contribution >= 0.6 is 0 Å². The molecule has 1 aromatic heterocycles. The lowest BCUT2D eigenvalue weighted by Gasteiger charge is -2.49. The van der Waals surface area contributed by atoms with Crippen molar-refractivity contribution in [3.63, 3.8) is 0 Å². The number of nitrogens with one attached hydrogen (secondary N) is 1. The van der Waals surface area contributed by atoms with Gasteiger partial charge < -0.3 is 34.5 Å². The van der Waals surface area contributed by atoms with Crippen molar-refractivity contribution in [2.45, 2.75) is 76.3 Å². The van der Waals surface area contributed by atoms with Gasteiger partial charge in [0.25, 0.3) is 0 Å². The van der Waals surface area contributed by atoms with Gasteiger partial charge in [-0.15, -0.1) is 0 Å². The molecule has 0 aromatic carbocycles. The van der Waals surface area contributed by atoms with E-state index in [0.717, 1.165) is 5.57 Å². The van der Waals surface area contributed by atoms with Crippen LogP contribution in [0.2, 0.25) is 0 Å². The van der Waals surface area contributed by atoms with Gasteiger partial charge in [-0.2, -0.15) is 0 Å². The first-order valence-electron chi connectivity index (χ1n) is 12.8. The largest absolute Gasteiger partial charge is 0.489 e. The van der Waals surface area contributed by atoms with Gasteiger partial charge in [-0.3, -0.25) is 0 Å². The molecule has 8 nitrogen and oxygen atoms in total. The summed E-state index contributed by atoms with van der Waals surface area (Å²) in [5.41, 5.74) is 0.362. The average Bonchev–Trinajstić information content (AvgIpc) is 3.43. The number of carbonyl (C=O) groups is 1. The standard InChI is InChI=1S/C28H37NO7/c1-13-11-14(2)28-18(12-21(31)17(5)34-24(13)16(4)30)8-9-19-22(28)23(32)15(3)25(26(19)36-28)35-27(33)20-7-6-10-29-20/h6-11,13,15-16,18-19,21-26,29-32H,5,12H2,1-4H3/b14-11+/t13-,15-,16?,18?,19-,21?,22+,23-,24+,25-,26-,28+/m1/s1. The Morgan fingerprint density at radius 3 is 2.72 bits per heavy atom. The van der Waals surface area contributed by atoms with Crippen LogP contribution < -0.4 is 0 Å². The van der Waals surface area contributed by atoms with Gasteiger partial charge in [0.05, 0.1) is 12.2 Å². The number of aliphatic hydroxyl groups is 3. The molecule has 0 amide bonds. The summed E-state index contributed by atoms with van der Waals surface area (Å²) in [6.07, 6.45) is 3.85. The molecule has 1 saturated heterocycles. The summed E-state index contributed by atoms with van der Waals surface area (Å²) in [6.45, 7) is 11.4. The van der Waals surface area contributed by atoms with Crippen LogP contribution in [0.4, 0.5) is 0 Å². The highest BCUT2D eigenvalue weighted by atomic mass is 16.6. The first-order valence-corrected chi connectivity index (χ1v) is 12.8. The summed E-state index contributed by atoms with van der Waals surface area (Å²) in [4.78, 5) is 15.7. The van der Waals surface area contributed by atoms with E-state index in [1.165, 1.54) is 0 Å². The van der Waals surface area contributed by atoms with Crippen molar-refractivity contribution in [2.75, 3.05) is 0 Å². The molecule has 1 aromatic rings. The number of ether oxygens (including phenoxy) is 3. The number of aromatic amines is 1. The summed E-state index contributed by atoms with van der Waals surface area (Å²) in [5, 5.41) is 33.1. The monoisotopic (exact) mass is 499 g/mol. The summed E-state index contributed by atoms with van der Waals surface area (Å²) < 4.78 is 18.8. The molecule has 1 saturated carbocycles. The summed E-state index contributed by atoms with van der Waals surface area (Å²) in [7, 11) is 0. The van der Waals surface area contributed by atoms with Crippen LogP contribution in [0.1, 0.15) is 44.6 Å². The Hall–Kier alpha value is -2.39. The van der Waals surface area contributed by atoms with Crippen molar-refractivity contribution in [1.29, 1.82) is 0 Å². The Morgan fingerprint density at radius 1 is 1.31 bits per heavy atom. The van der Waals surface area contributed by atoms with E-state index >= 15 is 0 Å². The number of aliphatic hydroxyl groups excluding tert-OH is 3. The lowest BCUT2D eigenvalue weighted by atomic mass is 9.57. The molecule has 4 bridgehead atoms. The summed E-state index contributed by atoms with van der Waals surface area (Å²) >= 11 is 0. The number of hydrogen-bond donors (Lipinski definition) is 4. The topological polar surface area (TPSA) is 121 Å². The molecule has 2 aliphatic heterocycles. The molecule has 2 fully saturated rings. The third-order valence-corrected chi connectivity index (χ3v) is 8.81. The van der Waals surface area contributed by atoms with E-state index in [-0.39, 0.29) is 41.8 Å². The van der Waals surface area contributed by atoms with Crippen LogP contribution in [0, 0.1) is 29.6 Å². The van der Waals surface area contributed by atoms with Gasteiger partial charge in [0.1, 0.15) is 41.5 Å². The maximum atomic E-state index is 12.8. The van der Waals surface area contributed by atoms with Crippen LogP contribution in [0.5, 0.6) is 0 Å². The molecular formula is C28H37NO7. The van der Waals surface area contributed by atoms with E-state index in [0.29, 0.717) is 5.69 Å². The minimum atomic E-state index is -0.979. The highest BCUT2D eigenvalue weighted by Crippen LogP contribution is 2.61. The molecular weight excluding hydrogens is 462 g/mol. The Kier molecular flexibility index (Phi) is 6.44. The van der Waals surface area contributed by atoms with E-state index in [1.807, 2.05) is 32.9 Å². The lowest BCUT2D eigenvalue weighted by molar-refractivity contribution is -0.107. The fraction of sp³-hybridized carbons (Fsp3) is 0.607. The molecule has 2 aliphatic carbocycles. The van der Waals surface area contributed by atoms with Gasteiger partial charge in [0.15, 0.2) is 0 Å². The fourth-order valence-electron chi connectivity index (χ4n) is 7.04. The molecule has 0 radical (unpaired) electrons. The first kappa shape index (κ1) is 25.3. The van der Waals surface area contributed by atoms with Crippen molar-refractivity contribution in [3.05, 3.63) is 60.2 Å². The summed E-state index contributed by atoms with van der Waals surface area (Å²) in [5.74, 6) is -1.53. The average molecular weight is 500 g/mol. The zero-order valence-corrected chi connectivity index (χ0v) is 21.2. The van der Waals surface area contributed by atoms with E-state index in [9.17, 15) is 20.1 Å². The Bertz CT molecular complexity index is 1060. The molecule has 1 spiro atoms. The molecule has 12 atom stereocenters. The van der Waals surface area contributed by atoms with E-state index in [1.54, 1.807) is 25.3 Å². The Morgan fingerprint density at radius 2 is 2.06 bits per heavy atom. The molecule has 4 N–H and O–H groups in total. The van der Waals surface area contributed by atoms with Crippen molar-refractivity contribution in [2.24, 2.45) is 29.6 Å². The Balaban J connectivity index is 1.57. The predicted octanol–water partition coefficient (Wildman–Crippen LogP) is 2.73. The number of hydrogen-bond acceptors (Lipinski definition) is 7. The molecule has 3 unspecified atom stereocenters. The zero-order chi connectivity index (χ0) is 25.9. The van der Waals surface area contributed by atoms with Gasteiger partial charge in [-0.25, -0.2) is 4.79 Å². The molecule has 3 heterocycles. The van der Waals surface area contributed by atoms with Crippen molar-refractivity contribution >= 4 is 5.97 Å². The number of aromatic nitrogens is 1. The van der Waals surface area contributed by atoms with Gasteiger partial charge in [-0.05, 0) is 38.0 Å². The maximum Gasteiger partial charge on any atom is 0.355 e. The lowest BCUT2D eigenvalue weighted by Crippen LogP contribution is -2.57. The minimum absolute atomic E-state index is 0.153. The third kappa shape index (κ3) is 3.77. The highest BCUT2D eigenvalue weighted by Gasteiger charge is 2.68. The minimum Gasteiger partial charge on any atom is -0.489 e. The number of rotatable bonds is 3. The second kappa shape index (κ2) is 9.17. The van der Waals surface area contributed by atoms with Crippen molar-refractivity contribution in [1.82, 2.24) is 4.98 Å². The number of carbonyl (C=O) groups excluding carboxylic acids is 1. The van der Waals surface area contributed by atoms with Crippen LogP contribution in [0.25, 0.3) is 0 Å². The van der Waals surface area contributed by atoms with Crippen LogP contribution in [0.15, 0.2) is 54.5 Å².